The van der Waals surface area contributed by atoms with Crippen LogP contribution >= 0.6 is 0 Å². The predicted octanol–water partition coefficient (Wildman–Crippen LogP) is 7.86. The van der Waals surface area contributed by atoms with E-state index in [2.05, 4.69) is 36.2 Å². The molecule has 0 amide bonds. The minimum Gasteiger partial charge on any atom is -0.268 e. The summed E-state index contributed by atoms with van der Waals surface area (Å²) in [6.45, 7) is 2.17. The Morgan fingerprint density at radius 1 is 0.628 bits per heavy atom. The molecule has 7 nitrogen and oxygen atoms in total. The fourth-order valence-electron chi connectivity index (χ4n) is 5.01. The second kappa shape index (κ2) is 11.7. The molecule has 3 aromatic heterocycles. The highest BCUT2D eigenvalue weighted by Crippen LogP contribution is 2.27. The van der Waals surface area contributed by atoms with Crippen molar-refractivity contribution >= 4 is 11.8 Å². The summed E-state index contributed by atoms with van der Waals surface area (Å²) in [6, 6.07) is 34.4. The number of aromatic nitrogens is 6. The fraction of sp³-hybridized carbons (Fsp3) is 0.0833. The van der Waals surface area contributed by atoms with Crippen molar-refractivity contribution in [3.8, 4) is 45.5 Å². The molecule has 4 heterocycles. The molecule has 7 heteroatoms. The van der Waals surface area contributed by atoms with Crippen LogP contribution < -0.4 is 0 Å². The van der Waals surface area contributed by atoms with Crippen molar-refractivity contribution in [2.24, 2.45) is 10.9 Å². The lowest BCUT2D eigenvalue weighted by Crippen LogP contribution is -2.07. The number of hydrogen-bond donors (Lipinski definition) is 0. The van der Waals surface area contributed by atoms with Gasteiger partial charge in [-0.25, -0.2) is 19.3 Å². The van der Waals surface area contributed by atoms with Crippen LogP contribution in [0, 0.1) is 5.92 Å². The van der Waals surface area contributed by atoms with Gasteiger partial charge in [0.25, 0.3) is 0 Å². The van der Waals surface area contributed by atoms with Gasteiger partial charge in [0.2, 0.25) is 0 Å². The van der Waals surface area contributed by atoms with Crippen molar-refractivity contribution in [1.82, 2.24) is 29.5 Å². The third-order valence-electron chi connectivity index (χ3n) is 7.30. The highest BCUT2D eigenvalue weighted by Gasteiger charge is 2.14. The van der Waals surface area contributed by atoms with Crippen LogP contribution in [0.25, 0.3) is 51.1 Å². The molecule has 0 fully saturated rings. The van der Waals surface area contributed by atoms with Crippen LogP contribution in [0.4, 0.5) is 0 Å². The van der Waals surface area contributed by atoms with E-state index in [1.807, 2.05) is 116 Å². The Bertz CT molecular complexity index is 1870. The first-order chi connectivity index (χ1) is 21.2. The lowest BCUT2D eigenvalue weighted by atomic mass is 10.0. The maximum Gasteiger partial charge on any atom is 0.164 e. The van der Waals surface area contributed by atoms with Gasteiger partial charge in [0, 0.05) is 47.6 Å². The molecule has 1 unspecified atom stereocenters. The van der Waals surface area contributed by atoms with E-state index in [1.165, 1.54) is 0 Å². The van der Waals surface area contributed by atoms with E-state index < -0.39 is 0 Å². The SMILES string of the molecule is CC1C=NC=C(c2cccc(-c3nc(-n4ccc(-c5ccccc5)n4)cc(-n4ccc(-c5ccccc5)n4)n3)c2)C=CC1. The van der Waals surface area contributed by atoms with Crippen molar-refractivity contribution in [1.29, 1.82) is 0 Å². The van der Waals surface area contributed by atoms with E-state index in [9.17, 15) is 0 Å². The number of rotatable bonds is 6. The van der Waals surface area contributed by atoms with Crippen LogP contribution in [-0.2, 0) is 0 Å². The Kier molecular flexibility index (Phi) is 7.11. The van der Waals surface area contributed by atoms with E-state index >= 15 is 0 Å². The molecule has 3 aromatic carbocycles. The van der Waals surface area contributed by atoms with Gasteiger partial charge in [0.15, 0.2) is 17.5 Å². The van der Waals surface area contributed by atoms with Gasteiger partial charge in [0.05, 0.1) is 11.4 Å². The molecule has 0 radical (unpaired) electrons. The van der Waals surface area contributed by atoms with E-state index in [0.717, 1.165) is 45.6 Å². The number of benzene rings is 3. The lowest BCUT2D eigenvalue weighted by Gasteiger charge is -2.11. The molecule has 7 rings (SSSR count). The molecule has 43 heavy (non-hydrogen) atoms. The number of aliphatic imine (C=N–C) groups is 1. The van der Waals surface area contributed by atoms with Gasteiger partial charge in [-0.05, 0) is 41.7 Å². The van der Waals surface area contributed by atoms with Crippen molar-refractivity contribution in [3.63, 3.8) is 0 Å². The Morgan fingerprint density at radius 2 is 1.21 bits per heavy atom. The molecule has 0 spiro atoms. The van der Waals surface area contributed by atoms with Crippen molar-refractivity contribution < 1.29 is 0 Å². The van der Waals surface area contributed by atoms with Gasteiger partial charge in [-0.3, -0.25) is 4.99 Å². The third-order valence-corrected chi connectivity index (χ3v) is 7.30. The molecular weight excluding hydrogens is 530 g/mol. The molecule has 0 aliphatic carbocycles. The number of nitrogens with zero attached hydrogens (tertiary/aromatic N) is 7. The second-order valence-corrected chi connectivity index (χ2v) is 10.5. The molecule has 1 atom stereocenters. The monoisotopic (exact) mass is 559 g/mol. The molecule has 0 saturated carbocycles. The quantitative estimate of drug-likeness (QED) is 0.208. The zero-order chi connectivity index (χ0) is 29.0. The second-order valence-electron chi connectivity index (χ2n) is 10.5. The molecule has 208 valence electrons. The first-order valence-electron chi connectivity index (χ1n) is 14.3. The van der Waals surface area contributed by atoms with Gasteiger partial charge in [-0.15, -0.1) is 0 Å². The summed E-state index contributed by atoms with van der Waals surface area (Å²) in [6.07, 6.45) is 13.1. The van der Waals surface area contributed by atoms with Crippen molar-refractivity contribution in [2.75, 3.05) is 0 Å². The molecule has 0 saturated heterocycles. The standard InChI is InChI=1S/C36H29N7/c1-26-10-8-17-31(25-37-24-26)29-15-9-16-30(22-29)36-38-34(42-20-18-32(40-42)27-11-4-2-5-12-27)23-35(39-36)43-21-19-33(41-43)28-13-6-3-7-14-28/h2-9,11-26H,10H2,1H3. The Labute approximate surface area is 250 Å². The normalized spacial score (nSPS) is 14.7. The number of hydrogen-bond acceptors (Lipinski definition) is 5. The molecule has 0 bridgehead atoms. The average molecular weight is 560 g/mol. The predicted molar refractivity (Wildman–Crippen MR) is 172 cm³/mol. The molecule has 1 aliphatic rings. The van der Waals surface area contributed by atoms with Gasteiger partial charge in [-0.2, -0.15) is 10.2 Å². The van der Waals surface area contributed by atoms with Crippen LogP contribution in [0.3, 0.4) is 0 Å². The number of allylic oxidation sites excluding steroid dienone is 3. The van der Waals surface area contributed by atoms with Crippen LogP contribution in [0.2, 0.25) is 0 Å². The topological polar surface area (TPSA) is 73.8 Å². The highest BCUT2D eigenvalue weighted by atomic mass is 15.3. The summed E-state index contributed by atoms with van der Waals surface area (Å²) in [5, 5.41) is 9.70. The fourth-order valence-corrected chi connectivity index (χ4v) is 5.01. The maximum atomic E-state index is 4.98. The summed E-state index contributed by atoms with van der Waals surface area (Å²) in [5.74, 6) is 2.29. The van der Waals surface area contributed by atoms with E-state index in [4.69, 9.17) is 20.2 Å². The van der Waals surface area contributed by atoms with Gasteiger partial charge < -0.3 is 0 Å². The third kappa shape index (κ3) is 5.74. The first-order valence-corrected chi connectivity index (χ1v) is 14.3. The van der Waals surface area contributed by atoms with E-state index in [1.54, 1.807) is 9.36 Å². The van der Waals surface area contributed by atoms with E-state index in [-0.39, 0.29) is 0 Å². The zero-order valence-electron chi connectivity index (χ0n) is 23.7. The summed E-state index contributed by atoms with van der Waals surface area (Å²) >= 11 is 0. The van der Waals surface area contributed by atoms with Crippen molar-refractivity contribution in [3.05, 3.63) is 139 Å². The van der Waals surface area contributed by atoms with E-state index in [0.29, 0.717) is 23.4 Å². The highest BCUT2D eigenvalue weighted by molar-refractivity contribution is 5.78. The first kappa shape index (κ1) is 26.2. The average Bonchev–Trinajstić information content (AvgIpc) is 3.75. The molecule has 0 N–H and O–H groups in total. The van der Waals surface area contributed by atoms with Crippen LogP contribution in [-0.4, -0.2) is 35.7 Å². The van der Waals surface area contributed by atoms with Crippen molar-refractivity contribution in [2.45, 2.75) is 13.3 Å². The summed E-state index contributed by atoms with van der Waals surface area (Å²) in [5.41, 5.74) is 6.80. The van der Waals surface area contributed by atoms with Crippen LogP contribution in [0.1, 0.15) is 18.9 Å². The summed E-state index contributed by atoms with van der Waals surface area (Å²) < 4.78 is 3.58. The minimum atomic E-state index is 0.421. The van der Waals surface area contributed by atoms with Gasteiger partial charge >= 0.3 is 0 Å². The smallest absolute Gasteiger partial charge is 0.164 e. The largest absolute Gasteiger partial charge is 0.268 e. The van der Waals surface area contributed by atoms with Gasteiger partial charge in [-0.1, -0.05) is 97.9 Å². The summed E-state index contributed by atoms with van der Waals surface area (Å²) in [7, 11) is 0. The maximum absolute atomic E-state index is 4.98. The minimum absolute atomic E-state index is 0.421. The van der Waals surface area contributed by atoms with Gasteiger partial charge in [0.1, 0.15) is 0 Å². The lowest BCUT2D eigenvalue weighted by molar-refractivity contribution is 0.807. The molecule has 1 aliphatic heterocycles. The Balaban J connectivity index is 1.32. The van der Waals surface area contributed by atoms with Crippen LogP contribution in [0.15, 0.2) is 139 Å². The Hall–Kier alpha value is -5.69. The summed E-state index contributed by atoms with van der Waals surface area (Å²) in [4.78, 5) is 14.5. The Morgan fingerprint density at radius 3 is 1.84 bits per heavy atom. The zero-order valence-corrected chi connectivity index (χ0v) is 23.7. The molecular formula is C36H29N7. The van der Waals surface area contributed by atoms with Crippen LogP contribution in [0.5, 0.6) is 0 Å². The molecule has 6 aromatic rings.